The smallest absolute Gasteiger partial charge is 0.117 e. The maximum absolute atomic E-state index is 14.4. The summed E-state index contributed by atoms with van der Waals surface area (Å²) in [7, 11) is 0. The molecule has 1 aliphatic rings. The second kappa shape index (κ2) is 4.41. The summed E-state index contributed by atoms with van der Waals surface area (Å²) in [6, 6.07) is 4.03. The van der Waals surface area contributed by atoms with Crippen molar-refractivity contribution in [2.75, 3.05) is 13.1 Å². The molecule has 1 aromatic heterocycles. The van der Waals surface area contributed by atoms with Gasteiger partial charge in [-0.05, 0) is 43.8 Å². The predicted octanol–water partition coefficient (Wildman–Crippen LogP) is 2.77. The Labute approximate surface area is 88.3 Å². The Hall–Kier alpha value is -0.410. The number of thiophene rings is 1. The molecule has 1 saturated heterocycles. The summed E-state index contributed by atoms with van der Waals surface area (Å²) >= 11 is 1.66. The van der Waals surface area contributed by atoms with E-state index < -0.39 is 5.67 Å². The minimum atomic E-state index is -0.964. The van der Waals surface area contributed by atoms with Gasteiger partial charge < -0.3 is 5.32 Å². The minimum Gasteiger partial charge on any atom is -0.317 e. The van der Waals surface area contributed by atoms with E-state index in [4.69, 9.17) is 0 Å². The van der Waals surface area contributed by atoms with Crippen molar-refractivity contribution in [2.24, 2.45) is 0 Å². The van der Waals surface area contributed by atoms with Gasteiger partial charge in [0, 0.05) is 11.3 Å². The van der Waals surface area contributed by atoms with Gasteiger partial charge in [-0.1, -0.05) is 6.07 Å². The molecule has 1 aliphatic heterocycles. The molecule has 1 unspecified atom stereocenters. The van der Waals surface area contributed by atoms with Crippen LogP contribution in [0.3, 0.4) is 0 Å². The van der Waals surface area contributed by atoms with Gasteiger partial charge in [-0.2, -0.15) is 0 Å². The lowest BCUT2D eigenvalue weighted by molar-refractivity contribution is 0.145. The zero-order chi connectivity index (χ0) is 9.86. The first kappa shape index (κ1) is 10.1. The molecule has 0 aliphatic carbocycles. The van der Waals surface area contributed by atoms with Gasteiger partial charge in [0.25, 0.3) is 0 Å². The molecule has 0 bridgehead atoms. The highest BCUT2D eigenvalue weighted by molar-refractivity contribution is 7.09. The largest absolute Gasteiger partial charge is 0.317 e. The van der Waals surface area contributed by atoms with Crippen LogP contribution in [-0.2, 0) is 6.42 Å². The van der Waals surface area contributed by atoms with Gasteiger partial charge in [0.2, 0.25) is 0 Å². The number of rotatable bonds is 2. The molecule has 1 N–H and O–H groups in total. The maximum atomic E-state index is 14.4. The van der Waals surface area contributed by atoms with Gasteiger partial charge in [0.1, 0.15) is 5.67 Å². The molecule has 2 heterocycles. The number of hydrogen-bond acceptors (Lipinski definition) is 2. The van der Waals surface area contributed by atoms with E-state index >= 15 is 0 Å². The third kappa shape index (κ3) is 2.55. The van der Waals surface area contributed by atoms with E-state index in [2.05, 4.69) is 5.32 Å². The SMILES string of the molecule is FC1(Cc2cccs2)CCCNCC1. The van der Waals surface area contributed by atoms with Gasteiger partial charge in [0.15, 0.2) is 0 Å². The van der Waals surface area contributed by atoms with Gasteiger partial charge >= 0.3 is 0 Å². The molecule has 2 rings (SSSR count). The molecule has 0 amide bonds. The second-order valence-electron chi connectivity index (χ2n) is 4.01. The van der Waals surface area contributed by atoms with E-state index in [1.54, 1.807) is 11.3 Å². The van der Waals surface area contributed by atoms with Crippen LogP contribution in [-0.4, -0.2) is 18.8 Å². The van der Waals surface area contributed by atoms with Gasteiger partial charge in [-0.25, -0.2) is 4.39 Å². The fourth-order valence-electron chi connectivity index (χ4n) is 1.99. The molecule has 0 saturated carbocycles. The first-order valence-corrected chi connectivity index (χ1v) is 6.09. The normalized spacial score (nSPS) is 28.6. The van der Waals surface area contributed by atoms with Crippen molar-refractivity contribution in [2.45, 2.75) is 31.4 Å². The van der Waals surface area contributed by atoms with Crippen molar-refractivity contribution in [3.8, 4) is 0 Å². The zero-order valence-corrected chi connectivity index (χ0v) is 9.08. The molecule has 3 heteroatoms. The molecule has 0 spiro atoms. The lowest BCUT2D eigenvalue weighted by Gasteiger charge is -2.22. The summed E-state index contributed by atoms with van der Waals surface area (Å²) in [5.41, 5.74) is -0.964. The van der Waals surface area contributed by atoms with Crippen molar-refractivity contribution in [1.82, 2.24) is 5.32 Å². The number of nitrogens with one attached hydrogen (secondary N) is 1. The number of halogens is 1. The predicted molar refractivity (Wildman–Crippen MR) is 58.6 cm³/mol. The Bertz CT molecular complexity index is 263. The molecule has 0 aromatic carbocycles. The quantitative estimate of drug-likeness (QED) is 0.796. The van der Waals surface area contributed by atoms with Gasteiger partial charge in [-0.15, -0.1) is 11.3 Å². The van der Waals surface area contributed by atoms with Crippen molar-refractivity contribution in [3.63, 3.8) is 0 Å². The third-order valence-corrected chi connectivity index (χ3v) is 3.68. The van der Waals surface area contributed by atoms with Gasteiger partial charge in [-0.3, -0.25) is 0 Å². The Morgan fingerprint density at radius 3 is 3.14 bits per heavy atom. The van der Waals surface area contributed by atoms with Crippen molar-refractivity contribution >= 4 is 11.3 Å². The van der Waals surface area contributed by atoms with Crippen LogP contribution in [0, 0.1) is 0 Å². The van der Waals surface area contributed by atoms with Crippen LogP contribution in [0.4, 0.5) is 4.39 Å². The molecule has 1 atom stereocenters. The monoisotopic (exact) mass is 213 g/mol. The Morgan fingerprint density at radius 1 is 1.43 bits per heavy atom. The average Bonchev–Trinajstić information content (AvgIpc) is 2.55. The summed E-state index contributed by atoms with van der Waals surface area (Å²) in [6.07, 6.45) is 2.93. The van der Waals surface area contributed by atoms with E-state index in [1.165, 1.54) is 4.88 Å². The molecule has 1 aromatic rings. The summed E-state index contributed by atoms with van der Waals surface area (Å²) in [5.74, 6) is 0. The molecular formula is C11H16FNS. The first-order valence-electron chi connectivity index (χ1n) is 5.21. The average molecular weight is 213 g/mol. The van der Waals surface area contributed by atoms with Crippen molar-refractivity contribution < 1.29 is 4.39 Å². The molecule has 1 nitrogen and oxygen atoms in total. The van der Waals surface area contributed by atoms with Crippen LogP contribution < -0.4 is 5.32 Å². The third-order valence-electron chi connectivity index (χ3n) is 2.80. The molecule has 78 valence electrons. The topological polar surface area (TPSA) is 12.0 Å². The van der Waals surface area contributed by atoms with E-state index in [0.29, 0.717) is 19.3 Å². The van der Waals surface area contributed by atoms with Crippen LogP contribution in [0.25, 0.3) is 0 Å². The number of alkyl halides is 1. The Kier molecular flexibility index (Phi) is 3.19. The molecule has 14 heavy (non-hydrogen) atoms. The fourth-order valence-corrected chi connectivity index (χ4v) is 2.83. The fraction of sp³-hybridized carbons (Fsp3) is 0.636. The summed E-state index contributed by atoms with van der Waals surface area (Å²) in [6.45, 7) is 1.79. The summed E-state index contributed by atoms with van der Waals surface area (Å²) in [4.78, 5) is 1.18. The lowest BCUT2D eigenvalue weighted by Crippen LogP contribution is -2.27. The minimum absolute atomic E-state index is 0.604. The summed E-state index contributed by atoms with van der Waals surface area (Å²) in [5, 5.41) is 5.27. The van der Waals surface area contributed by atoms with Gasteiger partial charge in [0.05, 0.1) is 0 Å². The lowest BCUT2D eigenvalue weighted by atomic mass is 9.92. The van der Waals surface area contributed by atoms with Crippen LogP contribution >= 0.6 is 11.3 Å². The number of hydrogen-bond donors (Lipinski definition) is 1. The maximum Gasteiger partial charge on any atom is 0.117 e. The second-order valence-corrected chi connectivity index (χ2v) is 5.04. The summed E-state index contributed by atoms with van der Waals surface area (Å²) < 4.78 is 14.4. The van der Waals surface area contributed by atoms with Crippen LogP contribution in [0.2, 0.25) is 0 Å². The van der Waals surface area contributed by atoms with Crippen LogP contribution in [0.5, 0.6) is 0 Å². The highest BCUT2D eigenvalue weighted by atomic mass is 32.1. The highest BCUT2D eigenvalue weighted by Gasteiger charge is 2.30. The van der Waals surface area contributed by atoms with Crippen LogP contribution in [0.15, 0.2) is 17.5 Å². The first-order chi connectivity index (χ1) is 6.79. The standard InChI is InChI=1S/C11H16FNS/c12-11(4-2-6-13-7-5-11)9-10-3-1-8-14-10/h1,3,8,13H,2,4-7,9H2. The molecule has 0 radical (unpaired) electrons. The highest BCUT2D eigenvalue weighted by Crippen LogP contribution is 2.30. The van der Waals surface area contributed by atoms with Crippen LogP contribution in [0.1, 0.15) is 24.1 Å². The van der Waals surface area contributed by atoms with Crippen molar-refractivity contribution in [3.05, 3.63) is 22.4 Å². The zero-order valence-electron chi connectivity index (χ0n) is 8.26. The Balaban J connectivity index is 1.99. The molecule has 1 fully saturated rings. The van der Waals surface area contributed by atoms with E-state index in [-0.39, 0.29) is 0 Å². The van der Waals surface area contributed by atoms with E-state index in [0.717, 1.165) is 19.5 Å². The van der Waals surface area contributed by atoms with E-state index in [9.17, 15) is 4.39 Å². The van der Waals surface area contributed by atoms with E-state index in [1.807, 2.05) is 17.5 Å². The Morgan fingerprint density at radius 2 is 2.36 bits per heavy atom. The molecular weight excluding hydrogens is 197 g/mol. The van der Waals surface area contributed by atoms with Crippen molar-refractivity contribution in [1.29, 1.82) is 0 Å².